The van der Waals surface area contributed by atoms with Gasteiger partial charge in [0.15, 0.2) is 11.6 Å². The minimum atomic E-state index is -0.989. The third kappa shape index (κ3) is 6.96. The van der Waals surface area contributed by atoms with E-state index >= 15 is 0 Å². The lowest BCUT2D eigenvalue weighted by molar-refractivity contribution is 0.130. The van der Waals surface area contributed by atoms with E-state index < -0.39 is 17.7 Å². The quantitative estimate of drug-likeness (QED) is 0.481. The molecule has 4 rings (SSSR count). The second-order valence-electron chi connectivity index (χ2n) is 8.80. The Labute approximate surface area is 208 Å². The molecule has 190 valence electrons. The van der Waals surface area contributed by atoms with Gasteiger partial charge in [-0.2, -0.15) is 5.10 Å². The predicted molar refractivity (Wildman–Crippen MR) is 133 cm³/mol. The number of hydrogen-bond donors (Lipinski definition) is 1. The Balaban J connectivity index is 1.32. The maximum Gasteiger partial charge on any atom is 0.411 e. The Hall–Kier alpha value is -3.63. The van der Waals surface area contributed by atoms with Gasteiger partial charge in [0.2, 0.25) is 0 Å². The zero-order valence-electron chi connectivity index (χ0n) is 20.1. The molecule has 0 aliphatic carbocycles. The largest absolute Gasteiger partial charge is 0.449 e. The number of ether oxygens (including phenoxy) is 1. The van der Waals surface area contributed by atoms with Crippen molar-refractivity contribution in [3.8, 4) is 11.3 Å². The van der Waals surface area contributed by atoms with Crippen molar-refractivity contribution in [2.45, 2.75) is 13.0 Å². The molecule has 1 saturated heterocycles. The van der Waals surface area contributed by atoms with Gasteiger partial charge >= 0.3 is 6.09 Å². The molecule has 0 unspecified atom stereocenters. The molecule has 1 aliphatic rings. The second-order valence-corrected chi connectivity index (χ2v) is 8.80. The standard InChI is InChI=1S/C26H29F2N5O3/c1-31-11-13-32(14-12-31)10-3-15-36-26(35)29-21-5-2-4-19(16-21)18-33-25(34)9-8-24(30-33)20-6-7-22(27)23(28)17-20/h2,4-9,16-17H,3,10-15,18H2,1H3,(H,29,35). The normalized spacial score (nSPS) is 14.5. The van der Waals surface area contributed by atoms with Gasteiger partial charge in [-0.1, -0.05) is 12.1 Å². The number of rotatable bonds is 8. The van der Waals surface area contributed by atoms with Gasteiger partial charge in [-0.25, -0.2) is 18.3 Å². The Morgan fingerprint density at radius 1 is 1.03 bits per heavy atom. The first-order valence-corrected chi connectivity index (χ1v) is 11.8. The number of hydrogen-bond acceptors (Lipinski definition) is 6. The van der Waals surface area contributed by atoms with E-state index in [1.807, 2.05) is 0 Å². The third-order valence-corrected chi connectivity index (χ3v) is 6.04. The molecular weight excluding hydrogens is 468 g/mol. The van der Waals surface area contributed by atoms with Crippen LogP contribution in [0.4, 0.5) is 19.3 Å². The molecule has 3 aromatic rings. The molecule has 0 bridgehead atoms. The molecule has 2 heterocycles. The van der Waals surface area contributed by atoms with Gasteiger partial charge in [0.05, 0.1) is 18.8 Å². The van der Waals surface area contributed by atoms with Crippen molar-refractivity contribution in [2.24, 2.45) is 0 Å². The highest BCUT2D eigenvalue weighted by molar-refractivity contribution is 5.84. The molecule has 1 aliphatic heterocycles. The molecule has 1 aromatic heterocycles. The lowest BCUT2D eigenvalue weighted by Crippen LogP contribution is -2.44. The first-order chi connectivity index (χ1) is 17.4. The smallest absolute Gasteiger partial charge is 0.411 e. The summed E-state index contributed by atoms with van der Waals surface area (Å²) in [5.41, 5.74) is 1.59. The monoisotopic (exact) mass is 497 g/mol. The van der Waals surface area contributed by atoms with Crippen molar-refractivity contribution in [1.82, 2.24) is 19.6 Å². The van der Waals surface area contributed by atoms with Crippen LogP contribution in [0.1, 0.15) is 12.0 Å². The molecule has 1 N–H and O–H groups in total. The average molecular weight is 498 g/mol. The van der Waals surface area contributed by atoms with Crippen LogP contribution in [0.15, 0.2) is 59.4 Å². The van der Waals surface area contributed by atoms with Crippen LogP contribution >= 0.6 is 0 Å². The Kier molecular flexibility index (Phi) is 8.40. The van der Waals surface area contributed by atoms with Crippen LogP contribution in [0.3, 0.4) is 0 Å². The molecule has 0 spiro atoms. The number of nitrogens with one attached hydrogen (secondary N) is 1. The van der Waals surface area contributed by atoms with E-state index in [9.17, 15) is 18.4 Å². The fourth-order valence-corrected chi connectivity index (χ4v) is 3.97. The summed E-state index contributed by atoms with van der Waals surface area (Å²) in [4.78, 5) is 29.2. The summed E-state index contributed by atoms with van der Waals surface area (Å²) >= 11 is 0. The summed E-state index contributed by atoms with van der Waals surface area (Å²) in [7, 11) is 2.11. The molecule has 0 saturated carbocycles. The highest BCUT2D eigenvalue weighted by atomic mass is 19.2. The maximum absolute atomic E-state index is 13.6. The number of carbonyl (C=O) groups excluding carboxylic acids is 1. The molecule has 0 radical (unpaired) electrons. The number of halogens is 2. The number of nitrogens with zero attached hydrogens (tertiary/aromatic N) is 4. The van der Waals surface area contributed by atoms with Crippen LogP contribution in [0.5, 0.6) is 0 Å². The molecule has 1 amide bonds. The van der Waals surface area contributed by atoms with E-state index in [-0.39, 0.29) is 12.1 Å². The van der Waals surface area contributed by atoms with E-state index in [1.165, 1.54) is 22.9 Å². The summed E-state index contributed by atoms with van der Waals surface area (Å²) in [6.07, 6.45) is 0.223. The van der Waals surface area contributed by atoms with Crippen molar-refractivity contribution in [1.29, 1.82) is 0 Å². The van der Waals surface area contributed by atoms with Gasteiger partial charge < -0.3 is 14.5 Å². The summed E-state index contributed by atoms with van der Waals surface area (Å²) in [5, 5.41) is 7.00. The Bertz CT molecular complexity index is 1260. The minimum absolute atomic E-state index is 0.131. The number of amides is 1. The average Bonchev–Trinajstić information content (AvgIpc) is 2.86. The number of anilines is 1. The molecule has 10 heteroatoms. The highest BCUT2D eigenvalue weighted by Crippen LogP contribution is 2.19. The van der Waals surface area contributed by atoms with Crippen LogP contribution in [0.2, 0.25) is 0 Å². The SMILES string of the molecule is CN1CCN(CCCOC(=O)Nc2cccc(Cn3nc(-c4ccc(F)c(F)c4)ccc3=O)c2)CC1. The summed E-state index contributed by atoms with van der Waals surface area (Å²) in [5.74, 6) is -1.94. The van der Waals surface area contributed by atoms with Crippen LogP contribution in [-0.4, -0.2) is 72.1 Å². The number of carbonyl (C=O) groups is 1. The van der Waals surface area contributed by atoms with Gasteiger partial charge in [0, 0.05) is 50.0 Å². The van der Waals surface area contributed by atoms with Crippen LogP contribution in [-0.2, 0) is 11.3 Å². The Morgan fingerprint density at radius 3 is 2.61 bits per heavy atom. The number of piperazine rings is 1. The first kappa shape index (κ1) is 25.5. The molecule has 0 atom stereocenters. The fraction of sp³-hybridized carbons (Fsp3) is 0.346. The van der Waals surface area contributed by atoms with Crippen molar-refractivity contribution >= 4 is 11.8 Å². The highest BCUT2D eigenvalue weighted by Gasteiger charge is 2.13. The van der Waals surface area contributed by atoms with Crippen molar-refractivity contribution in [2.75, 3.05) is 51.7 Å². The summed E-state index contributed by atoms with van der Waals surface area (Å²) in [6, 6.07) is 13.2. The summed E-state index contributed by atoms with van der Waals surface area (Å²) < 4.78 is 33.4. The lowest BCUT2D eigenvalue weighted by Gasteiger charge is -2.32. The van der Waals surface area contributed by atoms with Crippen molar-refractivity contribution < 1.29 is 18.3 Å². The molecule has 1 fully saturated rings. The first-order valence-electron chi connectivity index (χ1n) is 11.8. The Morgan fingerprint density at radius 2 is 1.83 bits per heavy atom. The zero-order valence-corrected chi connectivity index (χ0v) is 20.1. The fourth-order valence-electron chi connectivity index (χ4n) is 3.97. The van der Waals surface area contributed by atoms with Crippen LogP contribution in [0.25, 0.3) is 11.3 Å². The van der Waals surface area contributed by atoms with E-state index in [0.29, 0.717) is 23.6 Å². The van der Waals surface area contributed by atoms with Gasteiger partial charge in [0.1, 0.15) is 0 Å². The number of likely N-dealkylation sites (N-methyl/N-ethyl adjacent to an activating group) is 1. The molecule has 36 heavy (non-hydrogen) atoms. The van der Waals surface area contributed by atoms with Gasteiger partial charge in [-0.3, -0.25) is 10.1 Å². The van der Waals surface area contributed by atoms with Crippen molar-refractivity contribution in [3.63, 3.8) is 0 Å². The minimum Gasteiger partial charge on any atom is -0.449 e. The second kappa shape index (κ2) is 11.9. The van der Waals surface area contributed by atoms with Gasteiger partial charge in [-0.15, -0.1) is 0 Å². The molecule has 2 aromatic carbocycles. The van der Waals surface area contributed by atoms with Crippen molar-refractivity contribution in [3.05, 3.63) is 82.1 Å². The van der Waals surface area contributed by atoms with E-state index in [0.717, 1.165) is 56.8 Å². The van der Waals surface area contributed by atoms with E-state index in [2.05, 4.69) is 27.3 Å². The van der Waals surface area contributed by atoms with Crippen LogP contribution in [0, 0.1) is 11.6 Å². The third-order valence-electron chi connectivity index (χ3n) is 6.04. The number of benzene rings is 2. The summed E-state index contributed by atoms with van der Waals surface area (Å²) in [6.45, 7) is 5.50. The molecule has 8 nitrogen and oxygen atoms in total. The maximum atomic E-state index is 13.6. The van der Waals surface area contributed by atoms with E-state index in [4.69, 9.17) is 4.74 Å². The molecular formula is C26H29F2N5O3. The van der Waals surface area contributed by atoms with E-state index in [1.54, 1.807) is 24.3 Å². The zero-order chi connectivity index (χ0) is 25.5. The van der Waals surface area contributed by atoms with Crippen LogP contribution < -0.4 is 10.9 Å². The lowest BCUT2D eigenvalue weighted by atomic mass is 10.1. The topological polar surface area (TPSA) is 79.7 Å². The number of aromatic nitrogens is 2. The van der Waals surface area contributed by atoms with Gasteiger partial charge in [-0.05, 0) is 55.4 Å². The van der Waals surface area contributed by atoms with Gasteiger partial charge in [0.25, 0.3) is 5.56 Å². The predicted octanol–water partition coefficient (Wildman–Crippen LogP) is 3.42.